The van der Waals surface area contributed by atoms with Gasteiger partial charge in [-0.15, -0.1) is 11.3 Å². The van der Waals surface area contributed by atoms with Crippen LogP contribution in [-0.2, 0) is 6.42 Å². The van der Waals surface area contributed by atoms with E-state index >= 15 is 0 Å². The van der Waals surface area contributed by atoms with Crippen LogP contribution in [0.3, 0.4) is 0 Å². The van der Waals surface area contributed by atoms with Gasteiger partial charge in [-0.3, -0.25) is 0 Å². The van der Waals surface area contributed by atoms with Gasteiger partial charge in [0.25, 0.3) is 0 Å². The predicted molar refractivity (Wildman–Crippen MR) is 80.9 cm³/mol. The van der Waals surface area contributed by atoms with Crippen LogP contribution in [0.4, 0.5) is 0 Å². The van der Waals surface area contributed by atoms with E-state index in [4.69, 9.17) is 23.2 Å². The highest BCUT2D eigenvalue weighted by Crippen LogP contribution is 2.25. The van der Waals surface area contributed by atoms with Crippen molar-refractivity contribution in [1.29, 1.82) is 0 Å². The lowest BCUT2D eigenvalue weighted by atomic mass is 10.1. The van der Waals surface area contributed by atoms with E-state index in [0.717, 1.165) is 18.5 Å². The van der Waals surface area contributed by atoms with Gasteiger partial charge in [0.15, 0.2) is 0 Å². The number of benzene rings is 1. The van der Waals surface area contributed by atoms with Crippen LogP contribution >= 0.6 is 34.5 Å². The monoisotopic (exact) mass is 299 g/mol. The molecule has 18 heavy (non-hydrogen) atoms. The summed E-state index contributed by atoms with van der Waals surface area (Å²) in [5.74, 6) is 0. The first-order valence-corrected chi connectivity index (χ1v) is 7.51. The van der Waals surface area contributed by atoms with E-state index in [1.165, 1.54) is 4.88 Å². The molecular weight excluding hydrogens is 285 g/mol. The molecular formula is C14H15Cl2NS. The van der Waals surface area contributed by atoms with Crippen molar-refractivity contribution >= 4 is 34.5 Å². The largest absolute Gasteiger partial charge is 0.310 e. The molecule has 0 saturated carbocycles. The van der Waals surface area contributed by atoms with Crippen LogP contribution < -0.4 is 5.32 Å². The van der Waals surface area contributed by atoms with Crippen LogP contribution in [0.1, 0.15) is 23.4 Å². The normalized spacial score (nSPS) is 12.6. The van der Waals surface area contributed by atoms with E-state index in [1.54, 1.807) is 11.3 Å². The summed E-state index contributed by atoms with van der Waals surface area (Å²) in [5.41, 5.74) is 1.16. The van der Waals surface area contributed by atoms with Gasteiger partial charge in [-0.05, 0) is 42.5 Å². The van der Waals surface area contributed by atoms with Gasteiger partial charge in [-0.2, -0.15) is 0 Å². The molecule has 4 heteroatoms. The molecule has 2 rings (SSSR count). The van der Waals surface area contributed by atoms with Gasteiger partial charge in [0.1, 0.15) is 0 Å². The molecule has 1 aromatic heterocycles. The molecule has 0 aliphatic carbocycles. The molecule has 1 nitrogen and oxygen atoms in total. The third-order valence-corrected chi connectivity index (χ3v) is 4.52. The molecule has 0 fully saturated rings. The van der Waals surface area contributed by atoms with Gasteiger partial charge in [-0.1, -0.05) is 35.3 Å². The van der Waals surface area contributed by atoms with Crippen LogP contribution in [0.15, 0.2) is 35.7 Å². The van der Waals surface area contributed by atoms with Crippen molar-refractivity contribution in [3.8, 4) is 0 Å². The Morgan fingerprint density at radius 3 is 2.72 bits per heavy atom. The highest BCUT2D eigenvalue weighted by molar-refractivity contribution is 7.09. The SMILES string of the molecule is CC(NCCc1cccs1)c1ccc(Cl)c(Cl)c1. The number of halogens is 2. The van der Waals surface area contributed by atoms with Crippen molar-refractivity contribution in [2.45, 2.75) is 19.4 Å². The second kappa shape index (κ2) is 6.58. The van der Waals surface area contributed by atoms with E-state index in [2.05, 4.69) is 29.8 Å². The Morgan fingerprint density at radius 1 is 1.22 bits per heavy atom. The maximum absolute atomic E-state index is 6.02. The minimum atomic E-state index is 0.278. The molecule has 1 atom stereocenters. The zero-order valence-corrected chi connectivity index (χ0v) is 12.4. The smallest absolute Gasteiger partial charge is 0.0595 e. The van der Waals surface area contributed by atoms with Crippen molar-refractivity contribution in [3.63, 3.8) is 0 Å². The minimum absolute atomic E-state index is 0.278. The topological polar surface area (TPSA) is 12.0 Å². The average molecular weight is 300 g/mol. The Morgan fingerprint density at radius 2 is 2.06 bits per heavy atom. The van der Waals surface area contributed by atoms with Crippen LogP contribution in [0.2, 0.25) is 10.0 Å². The molecule has 0 aliphatic heterocycles. The Kier molecular flexibility index (Phi) is 5.07. The highest BCUT2D eigenvalue weighted by atomic mass is 35.5. The zero-order valence-electron chi connectivity index (χ0n) is 10.1. The van der Waals surface area contributed by atoms with Crippen molar-refractivity contribution < 1.29 is 0 Å². The molecule has 0 amide bonds. The second-order valence-electron chi connectivity index (χ2n) is 4.18. The quantitative estimate of drug-likeness (QED) is 0.824. The number of hydrogen-bond donors (Lipinski definition) is 1. The lowest BCUT2D eigenvalue weighted by Gasteiger charge is -2.14. The molecule has 1 N–H and O–H groups in total. The summed E-state index contributed by atoms with van der Waals surface area (Å²) in [7, 11) is 0. The third-order valence-electron chi connectivity index (χ3n) is 2.85. The zero-order chi connectivity index (χ0) is 13.0. The van der Waals surface area contributed by atoms with Crippen molar-refractivity contribution in [2.24, 2.45) is 0 Å². The minimum Gasteiger partial charge on any atom is -0.310 e. The van der Waals surface area contributed by atoms with E-state index in [0.29, 0.717) is 10.0 Å². The molecule has 2 aromatic rings. The summed E-state index contributed by atoms with van der Waals surface area (Å²) in [6, 6.07) is 10.3. The standard InChI is InChI=1S/C14H15Cl2NS/c1-10(11-4-5-13(15)14(16)9-11)17-7-6-12-3-2-8-18-12/h2-5,8-10,17H,6-7H2,1H3. The molecule has 0 saturated heterocycles. The lowest BCUT2D eigenvalue weighted by molar-refractivity contribution is 0.578. The predicted octanol–water partition coefficient (Wildman–Crippen LogP) is 4.95. The maximum atomic E-state index is 6.02. The summed E-state index contributed by atoms with van der Waals surface area (Å²) in [6.45, 7) is 3.09. The second-order valence-corrected chi connectivity index (χ2v) is 6.03. The molecule has 0 spiro atoms. The van der Waals surface area contributed by atoms with Gasteiger partial charge >= 0.3 is 0 Å². The van der Waals surface area contributed by atoms with Gasteiger partial charge in [0, 0.05) is 17.5 Å². The van der Waals surface area contributed by atoms with Crippen molar-refractivity contribution in [1.82, 2.24) is 5.32 Å². The molecule has 0 aliphatic rings. The fourth-order valence-corrected chi connectivity index (χ4v) is 2.78. The van der Waals surface area contributed by atoms with Crippen LogP contribution in [0.25, 0.3) is 0 Å². The highest BCUT2D eigenvalue weighted by Gasteiger charge is 2.07. The van der Waals surface area contributed by atoms with Gasteiger partial charge in [0.05, 0.1) is 10.0 Å². The Balaban J connectivity index is 1.87. The summed E-state index contributed by atoms with van der Waals surface area (Å²) in [6.07, 6.45) is 1.06. The van der Waals surface area contributed by atoms with E-state index < -0.39 is 0 Å². The number of nitrogens with one attached hydrogen (secondary N) is 1. The van der Waals surface area contributed by atoms with Gasteiger partial charge < -0.3 is 5.32 Å². The first-order chi connectivity index (χ1) is 8.66. The first-order valence-electron chi connectivity index (χ1n) is 5.87. The van der Waals surface area contributed by atoms with Gasteiger partial charge in [-0.25, -0.2) is 0 Å². The maximum Gasteiger partial charge on any atom is 0.0595 e. The molecule has 1 aromatic carbocycles. The Hall–Kier alpha value is -0.540. The number of hydrogen-bond acceptors (Lipinski definition) is 2. The van der Waals surface area contributed by atoms with E-state index in [-0.39, 0.29) is 6.04 Å². The molecule has 0 bridgehead atoms. The van der Waals surface area contributed by atoms with E-state index in [1.807, 2.05) is 18.2 Å². The first kappa shape index (κ1) is 13.9. The Bertz CT molecular complexity index is 497. The Labute approximate surface area is 122 Å². The fourth-order valence-electron chi connectivity index (χ4n) is 1.77. The summed E-state index contributed by atoms with van der Waals surface area (Å²) >= 11 is 13.7. The molecule has 96 valence electrons. The summed E-state index contributed by atoms with van der Waals surface area (Å²) in [4.78, 5) is 1.41. The molecule has 0 radical (unpaired) electrons. The lowest BCUT2D eigenvalue weighted by Crippen LogP contribution is -2.21. The van der Waals surface area contributed by atoms with Crippen LogP contribution in [-0.4, -0.2) is 6.54 Å². The number of thiophene rings is 1. The fraction of sp³-hybridized carbons (Fsp3) is 0.286. The van der Waals surface area contributed by atoms with E-state index in [9.17, 15) is 0 Å². The van der Waals surface area contributed by atoms with Gasteiger partial charge in [0.2, 0.25) is 0 Å². The number of rotatable bonds is 5. The average Bonchev–Trinajstić information content (AvgIpc) is 2.85. The van der Waals surface area contributed by atoms with Crippen LogP contribution in [0.5, 0.6) is 0 Å². The third kappa shape index (κ3) is 3.72. The molecule has 1 heterocycles. The van der Waals surface area contributed by atoms with Crippen molar-refractivity contribution in [3.05, 3.63) is 56.2 Å². The van der Waals surface area contributed by atoms with Crippen LogP contribution in [0, 0.1) is 0 Å². The summed E-state index contributed by atoms with van der Waals surface area (Å²) < 4.78 is 0. The summed E-state index contributed by atoms with van der Waals surface area (Å²) in [5, 5.41) is 6.81. The molecule has 1 unspecified atom stereocenters. The van der Waals surface area contributed by atoms with Crippen molar-refractivity contribution in [2.75, 3.05) is 6.54 Å².